The number of fused-ring (bicyclic) bond motifs is 1. The zero-order chi connectivity index (χ0) is 15.6. The Kier molecular flexibility index (Phi) is 3.75. The minimum Gasteiger partial charge on any atom is -0.493 e. The Balaban J connectivity index is 1.58. The molecule has 3 aromatic rings. The lowest BCUT2D eigenvalue weighted by Crippen LogP contribution is -2.08. The molecule has 2 aromatic heterocycles. The first kappa shape index (κ1) is 14.4. The second-order valence-electron chi connectivity index (χ2n) is 4.87. The normalized spacial score (nSPS) is 11.8. The Bertz CT molecular complexity index is 763. The molecule has 0 aliphatic carbocycles. The maximum absolute atomic E-state index is 12.4. The monoisotopic (exact) mass is 306 g/mol. The molecule has 0 amide bonds. The van der Waals surface area contributed by atoms with E-state index in [0.717, 1.165) is 22.7 Å². The Labute approximate surface area is 124 Å². The summed E-state index contributed by atoms with van der Waals surface area (Å²) in [6.45, 7) is 0.378. The van der Waals surface area contributed by atoms with Crippen LogP contribution in [0.25, 0.3) is 10.9 Å². The summed E-state index contributed by atoms with van der Waals surface area (Å²) in [5.41, 5.74) is 0.852. The van der Waals surface area contributed by atoms with Gasteiger partial charge in [-0.1, -0.05) is 6.07 Å². The highest BCUT2D eigenvalue weighted by atomic mass is 19.4. The van der Waals surface area contributed by atoms with Crippen LogP contribution in [0.15, 0.2) is 48.8 Å². The highest BCUT2D eigenvalue weighted by Crippen LogP contribution is 2.27. The van der Waals surface area contributed by atoms with Gasteiger partial charge in [0, 0.05) is 29.7 Å². The number of H-pyrrole nitrogens is 1. The van der Waals surface area contributed by atoms with Crippen LogP contribution < -0.4 is 4.74 Å². The van der Waals surface area contributed by atoms with Gasteiger partial charge in [0.05, 0.1) is 6.61 Å². The number of benzene rings is 1. The molecule has 0 radical (unpaired) electrons. The number of nitrogens with one attached hydrogen (secondary N) is 1. The predicted molar refractivity (Wildman–Crippen MR) is 76.7 cm³/mol. The van der Waals surface area contributed by atoms with E-state index in [2.05, 4.69) is 9.97 Å². The van der Waals surface area contributed by atoms with Gasteiger partial charge in [0.2, 0.25) is 0 Å². The van der Waals surface area contributed by atoms with E-state index in [0.29, 0.717) is 18.6 Å². The fraction of sp³-hybridized carbons (Fsp3) is 0.188. The topological polar surface area (TPSA) is 37.9 Å². The van der Waals surface area contributed by atoms with Gasteiger partial charge >= 0.3 is 6.18 Å². The van der Waals surface area contributed by atoms with Gasteiger partial charge in [0.25, 0.3) is 0 Å². The first-order chi connectivity index (χ1) is 10.5. The van der Waals surface area contributed by atoms with Crippen LogP contribution >= 0.6 is 0 Å². The van der Waals surface area contributed by atoms with Crippen LogP contribution in [0.5, 0.6) is 5.75 Å². The van der Waals surface area contributed by atoms with Gasteiger partial charge in [-0.25, -0.2) is 0 Å². The number of aromatic nitrogens is 2. The molecule has 0 aliphatic rings. The van der Waals surface area contributed by atoms with Crippen molar-refractivity contribution in [2.75, 3.05) is 6.61 Å². The van der Waals surface area contributed by atoms with Crippen molar-refractivity contribution >= 4 is 10.9 Å². The van der Waals surface area contributed by atoms with Crippen molar-refractivity contribution in [3.05, 3.63) is 60.0 Å². The summed E-state index contributed by atoms with van der Waals surface area (Å²) >= 11 is 0. The van der Waals surface area contributed by atoms with Crippen LogP contribution in [0.1, 0.15) is 11.3 Å². The molecule has 114 valence electrons. The number of nitrogens with zero attached hydrogens (tertiary/aromatic N) is 1. The van der Waals surface area contributed by atoms with Gasteiger partial charge < -0.3 is 9.72 Å². The first-order valence-corrected chi connectivity index (χ1v) is 6.74. The van der Waals surface area contributed by atoms with Gasteiger partial charge in [0.15, 0.2) is 0 Å². The molecule has 0 aliphatic heterocycles. The van der Waals surface area contributed by atoms with Crippen molar-refractivity contribution < 1.29 is 17.9 Å². The number of halogens is 3. The van der Waals surface area contributed by atoms with Crippen molar-refractivity contribution in [2.24, 2.45) is 0 Å². The molecular weight excluding hydrogens is 293 g/mol. The quantitative estimate of drug-likeness (QED) is 0.784. The Morgan fingerprint density at radius 2 is 1.95 bits per heavy atom. The molecule has 1 aromatic carbocycles. The summed E-state index contributed by atoms with van der Waals surface area (Å²) in [5.74, 6) is 0.729. The van der Waals surface area contributed by atoms with Gasteiger partial charge in [-0.15, -0.1) is 0 Å². The minimum absolute atomic E-state index is 0.378. The highest BCUT2D eigenvalue weighted by Gasteiger charge is 2.31. The van der Waals surface area contributed by atoms with Crippen molar-refractivity contribution in [1.82, 2.24) is 9.97 Å². The molecule has 0 atom stereocenters. The third kappa shape index (κ3) is 3.21. The largest absolute Gasteiger partial charge is 0.493 e. The summed E-state index contributed by atoms with van der Waals surface area (Å²) < 4.78 is 42.8. The van der Waals surface area contributed by atoms with E-state index in [4.69, 9.17) is 4.74 Å². The molecule has 2 heterocycles. The molecule has 1 N–H and O–H groups in total. The second-order valence-corrected chi connectivity index (χ2v) is 4.87. The highest BCUT2D eigenvalue weighted by molar-refractivity contribution is 5.80. The predicted octanol–water partition coefficient (Wildman–Crippen LogP) is 4.20. The van der Waals surface area contributed by atoms with Crippen LogP contribution in [0.3, 0.4) is 0 Å². The lowest BCUT2D eigenvalue weighted by molar-refractivity contribution is -0.141. The number of hydrogen-bond donors (Lipinski definition) is 1. The molecule has 0 saturated carbocycles. The standard InChI is InChI=1S/C16H13F3N2O/c17-16(18,19)15-4-1-11(10-21-15)6-8-22-13-2-3-14-12(9-13)5-7-20-14/h1-5,7,9-10,20H,6,8H2. The van der Waals surface area contributed by atoms with Crippen LogP contribution in [0, 0.1) is 0 Å². The summed E-state index contributed by atoms with van der Waals surface area (Å²) in [6.07, 6.45) is -0.818. The Morgan fingerprint density at radius 1 is 1.09 bits per heavy atom. The third-order valence-electron chi connectivity index (χ3n) is 3.30. The molecule has 0 bridgehead atoms. The van der Waals surface area contributed by atoms with E-state index >= 15 is 0 Å². The molecule has 22 heavy (non-hydrogen) atoms. The molecule has 3 nitrogen and oxygen atoms in total. The molecule has 0 fully saturated rings. The van der Waals surface area contributed by atoms with Crippen LogP contribution in [-0.4, -0.2) is 16.6 Å². The van der Waals surface area contributed by atoms with E-state index in [-0.39, 0.29) is 0 Å². The van der Waals surface area contributed by atoms with Gasteiger partial charge in [0.1, 0.15) is 11.4 Å². The molecule has 0 spiro atoms. The molecule has 3 rings (SSSR count). The number of pyridine rings is 1. The SMILES string of the molecule is FC(F)(F)c1ccc(CCOc2ccc3[nH]ccc3c2)cn1. The van der Waals surface area contributed by atoms with Crippen molar-refractivity contribution in [2.45, 2.75) is 12.6 Å². The molecular formula is C16H13F3N2O. The maximum Gasteiger partial charge on any atom is 0.433 e. The van der Waals surface area contributed by atoms with Gasteiger partial charge in [-0.3, -0.25) is 4.98 Å². The fourth-order valence-corrected chi connectivity index (χ4v) is 2.15. The van der Waals surface area contributed by atoms with Crippen LogP contribution in [0.4, 0.5) is 13.2 Å². The average Bonchev–Trinajstić information content (AvgIpc) is 2.94. The van der Waals surface area contributed by atoms with Crippen LogP contribution in [-0.2, 0) is 12.6 Å². The Hall–Kier alpha value is -2.50. The number of hydrogen-bond acceptors (Lipinski definition) is 2. The third-order valence-corrected chi connectivity index (χ3v) is 3.30. The minimum atomic E-state index is -4.40. The smallest absolute Gasteiger partial charge is 0.433 e. The summed E-state index contributed by atoms with van der Waals surface area (Å²) in [4.78, 5) is 6.52. The van der Waals surface area contributed by atoms with Crippen molar-refractivity contribution in [3.63, 3.8) is 0 Å². The fourth-order valence-electron chi connectivity index (χ4n) is 2.15. The van der Waals surface area contributed by atoms with Crippen LogP contribution in [0.2, 0.25) is 0 Å². The average molecular weight is 306 g/mol. The first-order valence-electron chi connectivity index (χ1n) is 6.74. The van der Waals surface area contributed by atoms with Gasteiger partial charge in [-0.2, -0.15) is 13.2 Å². The lowest BCUT2D eigenvalue weighted by Gasteiger charge is -2.08. The Morgan fingerprint density at radius 3 is 2.68 bits per heavy atom. The van der Waals surface area contributed by atoms with Crippen molar-refractivity contribution in [3.8, 4) is 5.75 Å². The molecule has 0 unspecified atom stereocenters. The summed E-state index contributed by atoms with van der Waals surface area (Å²) in [7, 11) is 0. The molecule has 0 saturated heterocycles. The number of aromatic amines is 1. The maximum atomic E-state index is 12.4. The zero-order valence-corrected chi connectivity index (χ0v) is 11.5. The number of alkyl halides is 3. The lowest BCUT2D eigenvalue weighted by atomic mass is 10.2. The van der Waals surface area contributed by atoms with Gasteiger partial charge in [-0.05, 0) is 35.9 Å². The summed E-state index contributed by atoms with van der Waals surface area (Å²) in [5, 5.41) is 1.05. The number of ether oxygens (including phenoxy) is 1. The van der Waals surface area contributed by atoms with E-state index in [9.17, 15) is 13.2 Å². The molecule has 6 heteroatoms. The van der Waals surface area contributed by atoms with E-state index in [1.54, 1.807) is 0 Å². The zero-order valence-electron chi connectivity index (χ0n) is 11.5. The number of rotatable bonds is 4. The van der Waals surface area contributed by atoms with Crippen molar-refractivity contribution in [1.29, 1.82) is 0 Å². The van der Waals surface area contributed by atoms with E-state index in [1.165, 1.54) is 12.3 Å². The van der Waals surface area contributed by atoms with E-state index < -0.39 is 11.9 Å². The second kappa shape index (κ2) is 5.71. The van der Waals surface area contributed by atoms with E-state index in [1.807, 2.05) is 30.5 Å². The summed E-state index contributed by atoms with van der Waals surface area (Å²) in [6, 6.07) is 10.0.